The number of ether oxygens (including phenoxy) is 1. The van der Waals surface area contributed by atoms with Crippen LogP contribution in [0.25, 0.3) is 10.9 Å². The van der Waals surface area contributed by atoms with Crippen molar-refractivity contribution in [1.82, 2.24) is 15.0 Å². The molecular weight excluding hydrogens is 395 g/mol. The van der Waals surface area contributed by atoms with Crippen LogP contribution in [0.5, 0.6) is 0 Å². The molecule has 1 unspecified atom stereocenters. The molecule has 162 valence electrons. The number of hydrogen-bond donors (Lipinski definition) is 1. The van der Waals surface area contributed by atoms with Crippen LogP contribution in [-0.4, -0.2) is 60.4 Å². The van der Waals surface area contributed by atoms with E-state index in [2.05, 4.69) is 36.1 Å². The lowest BCUT2D eigenvalue weighted by atomic mass is 10.0. The second-order valence-corrected chi connectivity index (χ2v) is 8.21. The van der Waals surface area contributed by atoms with Crippen LogP contribution in [0.4, 0.5) is 21.7 Å². The molecule has 3 aromatic rings. The van der Waals surface area contributed by atoms with Crippen LogP contribution >= 0.6 is 0 Å². The second kappa shape index (κ2) is 8.63. The zero-order valence-electron chi connectivity index (χ0n) is 17.7. The monoisotopic (exact) mass is 422 g/mol. The van der Waals surface area contributed by atoms with Crippen molar-refractivity contribution in [3.8, 4) is 0 Å². The molecule has 0 radical (unpaired) electrons. The summed E-state index contributed by atoms with van der Waals surface area (Å²) in [5, 5.41) is 4.47. The number of anilines is 3. The molecule has 2 aromatic heterocycles. The summed E-state index contributed by atoms with van der Waals surface area (Å²) in [6, 6.07) is 9.44. The zero-order chi connectivity index (χ0) is 21.2. The van der Waals surface area contributed by atoms with E-state index in [9.17, 15) is 4.39 Å². The van der Waals surface area contributed by atoms with Crippen molar-refractivity contribution >= 4 is 28.2 Å². The highest BCUT2D eigenvalue weighted by Gasteiger charge is 2.23. The van der Waals surface area contributed by atoms with Gasteiger partial charge in [0.15, 0.2) is 0 Å². The lowest BCUT2D eigenvalue weighted by molar-refractivity contribution is 0.122. The van der Waals surface area contributed by atoms with Crippen LogP contribution in [0.1, 0.15) is 18.5 Å². The Hall–Kier alpha value is -3.00. The third-order valence-electron chi connectivity index (χ3n) is 6.00. The number of aromatic nitrogens is 3. The van der Waals surface area contributed by atoms with E-state index in [0.717, 1.165) is 80.6 Å². The molecule has 2 fully saturated rings. The first-order valence-electron chi connectivity index (χ1n) is 10.9. The van der Waals surface area contributed by atoms with E-state index in [4.69, 9.17) is 4.74 Å². The Morgan fingerprint density at radius 2 is 1.87 bits per heavy atom. The number of nitrogens with zero attached hydrogens (tertiary/aromatic N) is 5. The molecule has 31 heavy (non-hydrogen) atoms. The Balaban J connectivity index is 1.35. The molecule has 0 saturated carbocycles. The van der Waals surface area contributed by atoms with E-state index in [1.54, 1.807) is 12.4 Å². The summed E-state index contributed by atoms with van der Waals surface area (Å²) in [5.74, 6) is 1.62. The van der Waals surface area contributed by atoms with Gasteiger partial charge in [0, 0.05) is 55.1 Å². The van der Waals surface area contributed by atoms with Crippen molar-refractivity contribution in [1.29, 1.82) is 0 Å². The van der Waals surface area contributed by atoms with Crippen molar-refractivity contribution in [2.24, 2.45) is 0 Å². The van der Waals surface area contributed by atoms with Crippen LogP contribution < -0.4 is 15.1 Å². The molecule has 2 aliphatic heterocycles. The maximum Gasteiger partial charge on any atom is 0.149 e. The Kier molecular flexibility index (Phi) is 5.55. The van der Waals surface area contributed by atoms with Gasteiger partial charge in [-0.2, -0.15) is 0 Å². The Labute approximate surface area is 181 Å². The molecule has 0 aliphatic carbocycles. The number of para-hydroxylation sites is 1. The predicted octanol–water partition coefficient (Wildman–Crippen LogP) is 3.39. The zero-order valence-corrected chi connectivity index (χ0v) is 17.7. The fourth-order valence-corrected chi connectivity index (χ4v) is 4.46. The standard InChI is InChI=1S/C23H27FN6O/c1-16-12-20(18-5-2-6-19(24)23(18)27-16)28-17-4-3-7-30(14-17)22-13-21(25-15-26-22)29-8-10-31-11-9-29/h2,5-6,12-13,15,17H,3-4,7-11,14H2,1H3,(H,27,28). The van der Waals surface area contributed by atoms with E-state index in [1.807, 2.05) is 19.1 Å². The largest absolute Gasteiger partial charge is 0.380 e. The number of aryl methyl sites for hydroxylation is 1. The normalized spacial score (nSPS) is 19.6. The minimum absolute atomic E-state index is 0.240. The Morgan fingerprint density at radius 1 is 1.06 bits per heavy atom. The third-order valence-corrected chi connectivity index (χ3v) is 6.00. The average Bonchev–Trinajstić information content (AvgIpc) is 2.81. The smallest absolute Gasteiger partial charge is 0.149 e. The van der Waals surface area contributed by atoms with Gasteiger partial charge in [0.2, 0.25) is 0 Å². The quantitative estimate of drug-likeness (QED) is 0.691. The van der Waals surface area contributed by atoms with Crippen molar-refractivity contribution in [3.05, 3.63) is 48.2 Å². The molecule has 4 heterocycles. The summed E-state index contributed by atoms with van der Waals surface area (Å²) in [6.45, 7) is 6.86. The minimum Gasteiger partial charge on any atom is -0.380 e. The molecule has 5 rings (SSSR count). The first-order chi connectivity index (χ1) is 15.2. The molecular formula is C23H27FN6O. The molecule has 0 bridgehead atoms. The van der Waals surface area contributed by atoms with Crippen molar-refractivity contribution in [3.63, 3.8) is 0 Å². The van der Waals surface area contributed by atoms with Gasteiger partial charge in [0.1, 0.15) is 29.3 Å². The SMILES string of the molecule is Cc1cc(NC2CCCN(c3cc(N4CCOCC4)ncn3)C2)c2cccc(F)c2n1. The molecule has 0 amide bonds. The fourth-order valence-electron chi connectivity index (χ4n) is 4.46. The Morgan fingerprint density at radius 3 is 2.71 bits per heavy atom. The molecule has 0 spiro atoms. The number of benzene rings is 1. The van der Waals surface area contributed by atoms with Crippen LogP contribution in [0.3, 0.4) is 0 Å². The molecule has 8 heteroatoms. The number of nitrogens with one attached hydrogen (secondary N) is 1. The van der Waals surface area contributed by atoms with Gasteiger partial charge in [-0.25, -0.2) is 19.3 Å². The summed E-state index contributed by atoms with van der Waals surface area (Å²) in [4.78, 5) is 18.0. The maximum absolute atomic E-state index is 14.3. The topological polar surface area (TPSA) is 66.4 Å². The molecule has 7 nitrogen and oxygen atoms in total. The van der Waals surface area contributed by atoms with Gasteiger partial charge in [-0.1, -0.05) is 12.1 Å². The number of fused-ring (bicyclic) bond motifs is 1. The summed E-state index contributed by atoms with van der Waals surface area (Å²) in [6.07, 6.45) is 3.76. The van der Waals surface area contributed by atoms with E-state index in [-0.39, 0.29) is 11.9 Å². The fraction of sp³-hybridized carbons (Fsp3) is 0.435. The van der Waals surface area contributed by atoms with E-state index >= 15 is 0 Å². The van der Waals surface area contributed by atoms with E-state index < -0.39 is 0 Å². The lowest BCUT2D eigenvalue weighted by Gasteiger charge is -2.35. The van der Waals surface area contributed by atoms with Gasteiger partial charge in [0.05, 0.1) is 13.2 Å². The number of piperidine rings is 1. The van der Waals surface area contributed by atoms with Crippen molar-refractivity contribution in [2.45, 2.75) is 25.8 Å². The first kappa shape index (κ1) is 19.9. The van der Waals surface area contributed by atoms with E-state index in [0.29, 0.717) is 5.52 Å². The van der Waals surface area contributed by atoms with E-state index in [1.165, 1.54) is 6.07 Å². The Bertz CT molecular complexity index is 1070. The van der Waals surface area contributed by atoms with Crippen LogP contribution in [-0.2, 0) is 4.74 Å². The molecule has 2 saturated heterocycles. The molecule has 2 aliphatic rings. The number of hydrogen-bond acceptors (Lipinski definition) is 7. The van der Waals surface area contributed by atoms with Crippen LogP contribution in [0, 0.1) is 12.7 Å². The minimum atomic E-state index is -0.286. The van der Waals surface area contributed by atoms with Crippen LogP contribution in [0.15, 0.2) is 36.7 Å². The van der Waals surface area contributed by atoms with Gasteiger partial charge in [-0.3, -0.25) is 0 Å². The maximum atomic E-state index is 14.3. The average molecular weight is 423 g/mol. The van der Waals surface area contributed by atoms with Gasteiger partial charge < -0.3 is 19.9 Å². The van der Waals surface area contributed by atoms with Crippen LogP contribution in [0.2, 0.25) is 0 Å². The molecule has 1 N–H and O–H groups in total. The van der Waals surface area contributed by atoms with Gasteiger partial charge in [0.25, 0.3) is 0 Å². The van der Waals surface area contributed by atoms with Crippen molar-refractivity contribution < 1.29 is 9.13 Å². The van der Waals surface area contributed by atoms with Gasteiger partial charge in [-0.15, -0.1) is 0 Å². The summed E-state index contributed by atoms with van der Waals surface area (Å²) < 4.78 is 19.7. The van der Waals surface area contributed by atoms with Gasteiger partial charge >= 0.3 is 0 Å². The predicted molar refractivity (Wildman–Crippen MR) is 120 cm³/mol. The highest BCUT2D eigenvalue weighted by Crippen LogP contribution is 2.28. The first-order valence-corrected chi connectivity index (χ1v) is 10.9. The highest BCUT2D eigenvalue weighted by molar-refractivity contribution is 5.92. The summed E-state index contributed by atoms with van der Waals surface area (Å²) in [5.41, 5.74) is 2.16. The second-order valence-electron chi connectivity index (χ2n) is 8.21. The third kappa shape index (κ3) is 4.25. The summed E-state index contributed by atoms with van der Waals surface area (Å²) in [7, 11) is 0. The van der Waals surface area contributed by atoms with Crippen molar-refractivity contribution in [2.75, 3.05) is 54.5 Å². The highest BCUT2D eigenvalue weighted by atomic mass is 19.1. The number of halogens is 1. The molecule has 1 aromatic carbocycles. The lowest BCUT2D eigenvalue weighted by Crippen LogP contribution is -2.43. The van der Waals surface area contributed by atoms with Gasteiger partial charge in [-0.05, 0) is 31.9 Å². The molecule has 1 atom stereocenters. The number of pyridine rings is 1. The number of morpholine rings is 1. The number of rotatable bonds is 4. The summed E-state index contributed by atoms with van der Waals surface area (Å²) >= 11 is 0.